The first-order valence-electron chi connectivity index (χ1n) is 12.4. The fraction of sp³-hybridized carbons (Fsp3) is 0.464. The molecule has 0 aliphatic heterocycles. The van der Waals surface area contributed by atoms with Gasteiger partial charge in [-0.05, 0) is 53.4 Å². The third-order valence-corrected chi connectivity index (χ3v) is 7.01. The van der Waals surface area contributed by atoms with E-state index in [2.05, 4.69) is 34.9 Å². The SMILES string of the molecule is CC(C)C[C@H](CNC(=O)C1CC(NC(=O)OCC2c3ccccc3-c3ccccc32)C1)CC(=O)O. The van der Waals surface area contributed by atoms with Crippen molar-refractivity contribution in [2.45, 2.75) is 51.5 Å². The highest BCUT2D eigenvalue weighted by Crippen LogP contribution is 2.44. The summed E-state index contributed by atoms with van der Waals surface area (Å²) in [6, 6.07) is 16.3. The third kappa shape index (κ3) is 6.02. The average Bonchev–Trinajstić information content (AvgIpc) is 3.11. The zero-order valence-corrected chi connectivity index (χ0v) is 20.3. The van der Waals surface area contributed by atoms with Gasteiger partial charge >= 0.3 is 12.1 Å². The molecule has 2 aromatic rings. The summed E-state index contributed by atoms with van der Waals surface area (Å²) in [6.07, 6.45) is 1.46. The molecule has 35 heavy (non-hydrogen) atoms. The minimum Gasteiger partial charge on any atom is -0.481 e. The summed E-state index contributed by atoms with van der Waals surface area (Å²) in [5, 5.41) is 14.9. The van der Waals surface area contributed by atoms with Crippen LogP contribution < -0.4 is 10.6 Å². The average molecular weight is 479 g/mol. The van der Waals surface area contributed by atoms with Crippen molar-refractivity contribution in [2.24, 2.45) is 17.8 Å². The van der Waals surface area contributed by atoms with Crippen molar-refractivity contribution in [1.82, 2.24) is 10.6 Å². The molecule has 2 aromatic carbocycles. The summed E-state index contributed by atoms with van der Waals surface area (Å²) in [4.78, 5) is 36.0. The van der Waals surface area contributed by atoms with E-state index in [1.807, 2.05) is 38.1 Å². The first-order chi connectivity index (χ1) is 16.8. The second-order valence-corrected chi connectivity index (χ2v) is 10.2. The van der Waals surface area contributed by atoms with E-state index >= 15 is 0 Å². The van der Waals surface area contributed by atoms with Crippen LogP contribution in [0.5, 0.6) is 0 Å². The lowest BCUT2D eigenvalue weighted by Crippen LogP contribution is -2.50. The number of amides is 2. The number of carboxylic acid groups (broad SMARTS) is 1. The van der Waals surface area contributed by atoms with E-state index in [1.54, 1.807) is 0 Å². The highest BCUT2D eigenvalue weighted by atomic mass is 16.5. The number of hydrogen-bond donors (Lipinski definition) is 3. The molecule has 4 rings (SSSR count). The number of carbonyl (C=O) groups is 3. The molecule has 1 atom stereocenters. The second-order valence-electron chi connectivity index (χ2n) is 10.2. The molecular formula is C28H34N2O5. The van der Waals surface area contributed by atoms with Crippen molar-refractivity contribution in [1.29, 1.82) is 0 Å². The van der Waals surface area contributed by atoms with Gasteiger partial charge in [-0.25, -0.2) is 4.79 Å². The van der Waals surface area contributed by atoms with Crippen molar-refractivity contribution in [2.75, 3.05) is 13.2 Å². The van der Waals surface area contributed by atoms with E-state index in [0.29, 0.717) is 25.3 Å². The van der Waals surface area contributed by atoms with Gasteiger partial charge < -0.3 is 20.5 Å². The molecule has 7 nitrogen and oxygen atoms in total. The predicted octanol–water partition coefficient (Wildman–Crippen LogP) is 4.56. The molecule has 7 heteroatoms. The van der Waals surface area contributed by atoms with Gasteiger partial charge in [-0.1, -0.05) is 62.4 Å². The first-order valence-corrected chi connectivity index (χ1v) is 12.4. The van der Waals surface area contributed by atoms with Gasteiger partial charge in [0.15, 0.2) is 0 Å². The molecule has 1 fully saturated rings. The van der Waals surface area contributed by atoms with Crippen LogP contribution in [0.3, 0.4) is 0 Å². The molecular weight excluding hydrogens is 444 g/mol. The molecule has 0 saturated heterocycles. The van der Waals surface area contributed by atoms with Crippen molar-refractivity contribution < 1.29 is 24.2 Å². The smallest absolute Gasteiger partial charge is 0.407 e. The second kappa shape index (κ2) is 10.9. The molecule has 0 bridgehead atoms. The molecule has 2 amide bonds. The van der Waals surface area contributed by atoms with Gasteiger partial charge in [-0.15, -0.1) is 0 Å². The van der Waals surface area contributed by atoms with E-state index in [4.69, 9.17) is 9.84 Å². The lowest BCUT2D eigenvalue weighted by Gasteiger charge is -2.34. The molecule has 0 heterocycles. The van der Waals surface area contributed by atoms with Crippen LogP contribution in [0.15, 0.2) is 48.5 Å². The number of benzene rings is 2. The Morgan fingerprint density at radius 3 is 2.17 bits per heavy atom. The zero-order chi connectivity index (χ0) is 24.9. The summed E-state index contributed by atoms with van der Waals surface area (Å²) in [6.45, 7) is 4.71. The molecule has 2 aliphatic carbocycles. The summed E-state index contributed by atoms with van der Waals surface area (Å²) >= 11 is 0. The van der Waals surface area contributed by atoms with Crippen LogP contribution in [-0.2, 0) is 14.3 Å². The molecule has 3 N–H and O–H groups in total. The van der Waals surface area contributed by atoms with Gasteiger partial charge in [0.1, 0.15) is 6.61 Å². The number of alkyl carbamates (subject to hydrolysis) is 1. The van der Waals surface area contributed by atoms with Crippen LogP contribution in [0.1, 0.15) is 56.6 Å². The molecule has 0 radical (unpaired) electrons. The maximum atomic E-state index is 12.5. The molecule has 0 aromatic heterocycles. The standard InChI is InChI=1S/C28H34N2O5/c1-17(2)11-18(12-26(31)32)15-29-27(33)19-13-20(14-19)30-28(34)35-16-25-23-9-5-3-7-21(23)22-8-4-6-10-24(22)25/h3-10,17-20,25H,11-16H2,1-2H3,(H,29,33)(H,30,34)(H,31,32)/t18-,19?,20?/m0/s1. The van der Waals surface area contributed by atoms with Gasteiger partial charge in [-0.2, -0.15) is 0 Å². The highest BCUT2D eigenvalue weighted by molar-refractivity contribution is 5.81. The van der Waals surface area contributed by atoms with Gasteiger partial charge in [0, 0.05) is 30.8 Å². The minimum atomic E-state index is -0.846. The Morgan fingerprint density at radius 1 is 1.00 bits per heavy atom. The summed E-state index contributed by atoms with van der Waals surface area (Å²) in [5.74, 6) is -0.788. The number of ether oxygens (including phenoxy) is 1. The monoisotopic (exact) mass is 478 g/mol. The Bertz CT molecular complexity index is 1030. The number of nitrogens with one attached hydrogen (secondary N) is 2. The molecule has 2 aliphatic rings. The summed E-state index contributed by atoms with van der Waals surface area (Å²) in [7, 11) is 0. The minimum absolute atomic E-state index is 0.0117. The number of hydrogen-bond acceptors (Lipinski definition) is 4. The fourth-order valence-corrected chi connectivity index (χ4v) is 5.30. The number of aliphatic carboxylic acids is 1. The summed E-state index contributed by atoms with van der Waals surface area (Å²) < 4.78 is 5.59. The Morgan fingerprint density at radius 2 is 1.60 bits per heavy atom. The Hall–Kier alpha value is -3.35. The van der Waals surface area contributed by atoms with Crippen LogP contribution in [0.25, 0.3) is 11.1 Å². The Kier molecular flexibility index (Phi) is 7.73. The maximum Gasteiger partial charge on any atom is 0.407 e. The van der Waals surface area contributed by atoms with Gasteiger partial charge in [0.2, 0.25) is 5.91 Å². The van der Waals surface area contributed by atoms with Crippen molar-refractivity contribution in [3.8, 4) is 11.1 Å². The number of fused-ring (bicyclic) bond motifs is 3. The van der Waals surface area contributed by atoms with E-state index in [1.165, 1.54) is 22.3 Å². The number of carboxylic acids is 1. The lowest BCUT2D eigenvalue weighted by molar-refractivity contribution is -0.138. The Balaban J connectivity index is 1.21. The van der Waals surface area contributed by atoms with Crippen molar-refractivity contribution in [3.05, 3.63) is 59.7 Å². The molecule has 0 unspecified atom stereocenters. The van der Waals surface area contributed by atoms with Gasteiger partial charge in [-0.3, -0.25) is 9.59 Å². The molecule has 186 valence electrons. The maximum absolute atomic E-state index is 12.5. The normalized spacial score (nSPS) is 19.3. The topological polar surface area (TPSA) is 105 Å². The van der Waals surface area contributed by atoms with Gasteiger partial charge in [0.25, 0.3) is 0 Å². The van der Waals surface area contributed by atoms with Crippen molar-refractivity contribution in [3.63, 3.8) is 0 Å². The zero-order valence-electron chi connectivity index (χ0n) is 20.3. The van der Waals surface area contributed by atoms with Crippen LogP contribution in [-0.4, -0.2) is 42.3 Å². The van der Waals surface area contributed by atoms with Gasteiger partial charge in [0.05, 0.1) is 0 Å². The third-order valence-electron chi connectivity index (χ3n) is 7.01. The quantitative estimate of drug-likeness (QED) is 0.464. The van der Waals surface area contributed by atoms with Crippen LogP contribution in [0.2, 0.25) is 0 Å². The lowest BCUT2D eigenvalue weighted by atomic mass is 9.79. The molecule has 1 saturated carbocycles. The number of carbonyl (C=O) groups excluding carboxylic acids is 2. The van der Waals surface area contributed by atoms with E-state index in [-0.39, 0.29) is 42.7 Å². The van der Waals surface area contributed by atoms with E-state index in [9.17, 15) is 14.4 Å². The van der Waals surface area contributed by atoms with Crippen LogP contribution in [0.4, 0.5) is 4.79 Å². The fourth-order valence-electron chi connectivity index (χ4n) is 5.30. The van der Waals surface area contributed by atoms with E-state index < -0.39 is 12.1 Å². The molecule has 0 spiro atoms. The Labute approximate surface area is 206 Å². The van der Waals surface area contributed by atoms with Crippen LogP contribution >= 0.6 is 0 Å². The van der Waals surface area contributed by atoms with Crippen molar-refractivity contribution >= 4 is 18.0 Å². The first kappa shape index (κ1) is 24.8. The van der Waals surface area contributed by atoms with Crippen LogP contribution in [0, 0.1) is 17.8 Å². The number of rotatable bonds is 10. The predicted molar refractivity (Wildman–Crippen MR) is 133 cm³/mol. The highest BCUT2D eigenvalue weighted by Gasteiger charge is 2.36. The summed E-state index contributed by atoms with van der Waals surface area (Å²) in [5.41, 5.74) is 4.70. The largest absolute Gasteiger partial charge is 0.481 e. The van der Waals surface area contributed by atoms with E-state index in [0.717, 1.165) is 6.42 Å².